The topological polar surface area (TPSA) is 65.7 Å². The highest BCUT2D eigenvalue weighted by Gasteiger charge is 2.26. The normalized spacial score (nSPS) is 19.0. The number of hydrogen-bond donors (Lipinski definition) is 2. The van der Waals surface area contributed by atoms with E-state index < -0.39 is 0 Å². The van der Waals surface area contributed by atoms with Gasteiger partial charge in [0.2, 0.25) is 5.89 Å². The highest BCUT2D eigenvalue weighted by molar-refractivity contribution is 14.0. The number of nitrogens with one attached hydrogen (secondary N) is 2. The van der Waals surface area contributed by atoms with Gasteiger partial charge in [-0.3, -0.25) is 4.90 Å². The molecule has 2 unspecified atom stereocenters. The number of oxazole rings is 1. The molecule has 6 nitrogen and oxygen atoms in total. The van der Waals surface area contributed by atoms with E-state index in [1.54, 1.807) is 6.20 Å². The summed E-state index contributed by atoms with van der Waals surface area (Å²) in [6, 6.07) is 21.7. The lowest BCUT2D eigenvalue weighted by Gasteiger charge is -2.38. The molecule has 3 aromatic rings. The zero-order valence-electron chi connectivity index (χ0n) is 19.4. The molecule has 2 atom stereocenters. The second-order valence-electron chi connectivity index (χ2n) is 8.35. The van der Waals surface area contributed by atoms with Crippen LogP contribution < -0.4 is 10.6 Å². The van der Waals surface area contributed by atoms with Crippen molar-refractivity contribution in [1.29, 1.82) is 0 Å². The number of rotatable bonds is 7. The summed E-state index contributed by atoms with van der Waals surface area (Å²) >= 11 is 0. The molecule has 0 bridgehead atoms. The summed E-state index contributed by atoms with van der Waals surface area (Å²) in [5.74, 6) is 2.21. The molecule has 33 heavy (non-hydrogen) atoms. The van der Waals surface area contributed by atoms with Crippen molar-refractivity contribution in [2.75, 3.05) is 13.1 Å². The van der Waals surface area contributed by atoms with E-state index in [0.717, 1.165) is 49.8 Å². The minimum Gasteiger partial charge on any atom is -0.439 e. The summed E-state index contributed by atoms with van der Waals surface area (Å²) in [6.07, 6.45) is 3.96. The van der Waals surface area contributed by atoms with Crippen molar-refractivity contribution in [3.8, 4) is 11.3 Å². The molecule has 0 radical (unpaired) electrons. The molecule has 2 heterocycles. The Morgan fingerprint density at radius 2 is 1.85 bits per heavy atom. The van der Waals surface area contributed by atoms with Crippen molar-refractivity contribution in [1.82, 2.24) is 20.5 Å². The maximum Gasteiger partial charge on any atom is 0.216 e. The molecule has 4 rings (SSSR count). The van der Waals surface area contributed by atoms with Gasteiger partial charge in [0.05, 0.1) is 6.20 Å². The molecule has 2 N–H and O–H groups in total. The number of piperidine rings is 1. The first-order valence-corrected chi connectivity index (χ1v) is 11.5. The number of benzene rings is 2. The number of halogens is 1. The highest BCUT2D eigenvalue weighted by atomic mass is 127. The van der Waals surface area contributed by atoms with Gasteiger partial charge in [0.25, 0.3) is 0 Å². The standard InChI is InChI=1S/C26H33N5O.HI/c1-3-27-26(29-18-25-28-17-24(32-25)22-12-8-5-9-13-22)30-23-14-15-31(20(2)16-23)19-21-10-6-4-7-11-21;/h4-13,17,20,23H,3,14-16,18-19H2,1-2H3,(H2,27,29,30);1H. The number of likely N-dealkylation sites (tertiary alicyclic amines) is 1. The molecular weight excluding hydrogens is 525 g/mol. The number of nitrogens with zero attached hydrogens (tertiary/aromatic N) is 3. The van der Waals surface area contributed by atoms with Gasteiger partial charge in [-0.2, -0.15) is 0 Å². The first-order valence-electron chi connectivity index (χ1n) is 11.5. The van der Waals surface area contributed by atoms with Gasteiger partial charge in [0.15, 0.2) is 11.7 Å². The molecular formula is C26H34IN5O. The summed E-state index contributed by atoms with van der Waals surface area (Å²) in [5, 5.41) is 6.98. The molecule has 1 aliphatic rings. The number of hydrogen-bond acceptors (Lipinski definition) is 4. The second-order valence-corrected chi connectivity index (χ2v) is 8.35. The Hall–Kier alpha value is -2.39. The Morgan fingerprint density at radius 1 is 1.12 bits per heavy atom. The van der Waals surface area contributed by atoms with Crippen LogP contribution in [-0.4, -0.2) is 41.0 Å². The van der Waals surface area contributed by atoms with E-state index in [4.69, 9.17) is 9.41 Å². The fourth-order valence-electron chi connectivity index (χ4n) is 4.18. The third-order valence-corrected chi connectivity index (χ3v) is 5.91. The molecule has 0 aliphatic carbocycles. The molecule has 1 aromatic heterocycles. The molecule has 176 valence electrons. The van der Waals surface area contributed by atoms with Crippen molar-refractivity contribution in [3.63, 3.8) is 0 Å². The number of guanidine groups is 1. The largest absolute Gasteiger partial charge is 0.439 e. The summed E-state index contributed by atoms with van der Waals surface area (Å²) in [6.45, 7) is 7.71. The van der Waals surface area contributed by atoms with E-state index in [2.05, 4.69) is 64.7 Å². The van der Waals surface area contributed by atoms with Crippen LogP contribution in [0.2, 0.25) is 0 Å². The lowest BCUT2D eigenvalue weighted by Crippen LogP contribution is -2.51. The molecule has 0 spiro atoms. The molecule has 7 heteroatoms. The van der Waals surface area contributed by atoms with Crippen molar-refractivity contribution in [2.24, 2.45) is 4.99 Å². The van der Waals surface area contributed by atoms with Gasteiger partial charge in [-0.1, -0.05) is 60.7 Å². The fourth-order valence-corrected chi connectivity index (χ4v) is 4.18. The summed E-state index contributed by atoms with van der Waals surface area (Å²) in [5.41, 5.74) is 2.40. The van der Waals surface area contributed by atoms with Crippen LogP contribution in [0.25, 0.3) is 11.3 Å². The SMILES string of the molecule is CCNC(=NCc1ncc(-c2ccccc2)o1)NC1CCN(Cc2ccccc2)C(C)C1.I. The Morgan fingerprint density at radius 3 is 2.55 bits per heavy atom. The van der Waals surface area contributed by atoms with Crippen LogP contribution in [0.4, 0.5) is 0 Å². The molecule has 1 fully saturated rings. The van der Waals surface area contributed by atoms with Crippen LogP contribution >= 0.6 is 24.0 Å². The maximum absolute atomic E-state index is 5.90. The molecule has 0 amide bonds. The molecule has 2 aromatic carbocycles. The zero-order chi connectivity index (χ0) is 22.2. The van der Waals surface area contributed by atoms with Crippen LogP contribution in [-0.2, 0) is 13.1 Å². The lowest BCUT2D eigenvalue weighted by atomic mass is 9.97. The van der Waals surface area contributed by atoms with Crippen molar-refractivity contribution < 1.29 is 4.42 Å². The number of aromatic nitrogens is 1. The predicted octanol–water partition coefficient (Wildman–Crippen LogP) is 5.07. The van der Waals surface area contributed by atoms with Gasteiger partial charge >= 0.3 is 0 Å². The summed E-state index contributed by atoms with van der Waals surface area (Å²) < 4.78 is 5.90. The van der Waals surface area contributed by atoms with Crippen LogP contribution in [0.3, 0.4) is 0 Å². The van der Waals surface area contributed by atoms with E-state index >= 15 is 0 Å². The first-order chi connectivity index (χ1) is 15.7. The van der Waals surface area contributed by atoms with E-state index in [9.17, 15) is 0 Å². The van der Waals surface area contributed by atoms with Crippen LogP contribution in [0, 0.1) is 0 Å². The maximum atomic E-state index is 5.90. The quantitative estimate of drug-likeness (QED) is 0.241. The predicted molar refractivity (Wildman–Crippen MR) is 145 cm³/mol. The second kappa shape index (κ2) is 12.7. The summed E-state index contributed by atoms with van der Waals surface area (Å²) in [4.78, 5) is 11.7. The highest BCUT2D eigenvalue weighted by Crippen LogP contribution is 2.21. The van der Waals surface area contributed by atoms with Gasteiger partial charge in [0.1, 0.15) is 6.54 Å². The van der Waals surface area contributed by atoms with Gasteiger partial charge in [-0.25, -0.2) is 9.98 Å². The van der Waals surface area contributed by atoms with Crippen LogP contribution in [0.15, 0.2) is 76.3 Å². The van der Waals surface area contributed by atoms with E-state index in [-0.39, 0.29) is 24.0 Å². The third-order valence-electron chi connectivity index (χ3n) is 5.91. The van der Waals surface area contributed by atoms with Crippen molar-refractivity contribution in [2.45, 2.75) is 51.9 Å². The van der Waals surface area contributed by atoms with Gasteiger partial charge < -0.3 is 15.1 Å². The minimum atomic E-state index is 0. The van der Waals surface area contributed by atoms with E-state index in [1.807, 2.05) is 30.3 Å². The van der Waals surface area contributed by atoms with Crippen molar-refractivity contribution in [3.05, 3.63) is 78.3 Å². The Balaban J connectivity index is 0.00000306. The average molecular weight is 559 g/mol. The fraction of sp³-hybridized carbons (Fsp3) is 0.385. The molecule has 1 saturated heterocycles. The molecule has 0 saturated carbocycles. The average Bonchev–Trinajstić information content (AvgIpc) is 3.30. The van der Waals surface area contributed by atoms with Crippen LogP contribution in [0.5, 0.6) is 0 Å². The van der Waals surface area contributed by atoms with E-state index in [1.165, 1.54) is 5.56 Å². The lowest BCUT2D eigenvalue weighted by molar-refractivity contribution is 0.134. The third kappa shape index (κ3) is 7.30. The summed E-state index contributed by atoms with van der Waals surface area (Å²) in [7, 11) is 0. The smallest absolute Gasteiger partial charge is 0.216 e. The van der Waals surface area contributed by atoms with Gasteiger partial charge in [-0.15, -0.1) is 24.0 Å². The number of aliphatic imine (C=N–C) groups is 1. The Labute approximate surface area is 213 Å². The minimum absolute atomic E-state index is 0. The van der Waals surface area contributed by atoms with Crippen molar-refractivity contribution >= 4 is 29.9 Å². The Bertz CT molecular complexity index is 992. The van der Waals surface area contributed by atoms with Gasteiger partial charge in [0, 0.05) is 37.3 Å². The first kappa shape index (κ1) is 25.2. The Kier molecular flexibility index (Phi) is 9.75. The van der Waals surface area contributed by atoms with E-state index in [0.29, 0.717) is 24.5 Å². The molecule has 1 aliphatic heterocycles. The van der Waals surface area contributed by atoms with Gasteiger partial charge in [-0.05, 0) is 32.3 Å². The van der Waals surface area contributed by atoms with Crippen LogP contribution in [0.1, 0.15) is 38.1 Å². The monoisotopic (exact) mass is 559 g/mol. The zero-order valence-corrected chi connectivity index (χ0v) is 21.7.